The van der Waals surface area contributed by atoms with E-state index in [1.54, 1.807) is 31.3 Å². The number of hydrogen-bond acceptors (Lipinski definition) is 5. The number of hydrogen-bond donors (Lipinski definition) is 2. The van der Waals surface area contributed by atoms with E-state index in [0.29, 0.717) is 20.1 Å². The summed E-state index contributed by atoms with van der Waals surface area (Å²) in [4.78, 5) is 26.7. The molecule has 0 spiro atoms. The molecule has 6 nitrogen and oxygen atoms in total. The molecule has 1 amide bonds. The van der Waals surface area contributed by atoms with Gasteiger partial charge in [-0.1, -0.05) is 12.1 Å². The number of ether oxygens (including phenoxy) is 1. The highest BCUT2D eigenvalue weighted by Crippen LogP contribution is 2.27. The van der Waals surface area contributed by atoms with Crippen molar-refractivity contribution in [1.82, 2.24) is 10.3 Å². The van der Waals surface area contributed by atoms with E-state index >= 15 is 0 Å². The van der Waals surface area contributed by atoms with Crippen molar-refractivity contribution in [2.45, 2.75) is 0 Å². The van der Waals surface area contributed by atoms with Gasteiger partial charge in [0.1, 0.15) is 15.6 Å². The van der Waals surface area contributed by atoms with Gasteiger partial charge in [0, 0.05) is 7.05 Å². The molecule has 8 heteroatoms. The zero-order chi connectivity index (χ0) is 16.8. The fourth-order valence-corrected chi connectivity index (χ4v) is 2.92. The maximum atomic E-state index is 11.5. The molecule has 1 aromatic heterocycles. The Hall–Kier alpha value is -2.19. The lowest BCUT2D eigenvalue weighted by atomic mass is 10.2. The van der Waals surface area contributed by atoms with Gasteiger partial charge in [-0.2, -0.15) is 0 Å². The first-order chi connectivity index (χ1) is 11.0. The van der Waals surface area contributed by atoms with Crippen LogP contribution in [0.25, 0.3) is 12.2 Å². The summed E-state index contributed by atoms with van der Waals surface area (Å²) in [6, 6.07) is 5.29. The van der Waals surface area contributed by atoms with Crippen LogP contribution in [0.5, 0.6) is 5.75 Å². The molecule has 0 saturated heterocycles. The summed E-state index contributed by atoms with van der Waals surface area (Å²) in [6.07, 6.45) is 5.18. The number of rotatable bonds is 6. The molecule has 0 radical (unpaired) electrons. The summed E-state index contributed by atoms with van der Waals surface area (Å²) in [5.41, 5.74) is 0.885. The Morgan fingerprint density at radius 2 is 2.22 bits per heavy atom. The van der Waals surface area contributed by atoms with Crippen molar-refractivity contribution in [3.05, 3.63) is 44.3 Å². The zero-order valence-electron chi connectivity index (χ0n) is 12.1. The summed E-state index contributed by atoms with van der Waals surface area (Å²) in [5.74, 6) is -0.734. The first-order valence-electron chi connectivity index (χ1n) is 6.49. The highest BCUT2D eigenvalue weighted by Gasteiger charge is 2.07. The molecule has 0 aliphatic rings. The van der Waals surface area contributed by atoms with Crippen LogP contribution in [0.4, 0.5) is 0 Å². The van der Waals surface area contributed by atoms with E-state index < -0.39 is 12.6 Å². The molecule has 0 fully saturated rings. The molecular weight excluding hydrogens is 384 g/mol. The van der Waals surface area contributed by atoms with Gasteiger partial charge in [-0.05, 0) is 39.7 Å². The number of thiazole rings is 1. The first kappa shape index (κ1) is 17.2. The van der Waals surface area contributed by atoms with Crippen LogP contribution >= 0.6 is 27.3 Å². The number of nitrogens with zero attached hydrogens (tertiary/aromatic N) is 1. The molecule has 0 bridgehead atoms. The monoisotopic (exact) mass is 396 g/mol. The second kappa shape index (κ2) is 7.89. The second-order valence-electron chi connectivity index (χ2n) is 4.35. The van der Waals surface area contributed by atoms with Gasteiger partial charge in [0.05, 0.1) is 10.7 Å². The van der Waals surface area contributed by atoms with E-state index in [2.05, 4.69) is 26.2 Å². The fourth-order valence-electron chi connectivity index (χ4n) is 1.64. The van der Waals surface area contributed by atoms with Crippen molar-refractivity contribution < 1.29 is 19.4 Å². The van der Waals surface area contributed by atoms with Crippen LogP contribution in [-0.2, 0) is 4.79 Å². The third kappa shape index (κ3) is 4.90. The molecule has 0 unspecified atom stereocenters. The SMILES string of the molecule is CNC(=O)c1cnc(C=Cc2ccc(OCC(=O)O)c(Br)c2)s1. The third-order valence-electron chi connectivity index (χ3n) is 2.70. The number of carbonyl (C=O) groups is 2. The number of carboxylic acid groups (broad SMARTS) is 1. The smallest absolute Gasteiger partial charge is 0.341 e. The Morgan fingerprint density at radius 1 is 1.43 bits per heavy atom. The Balaban J connectivity index is 2.07. The number of aromatic nitrogens is 1. The number of nitrogens with one attached hydrogen (secondary N) is 1. The van der Waals surface area contributed by atoms with Gasteiger partial charge in [0.2, 0.25) is 0 Å². The van der Waals surface area contributed by atoms with Crippen molar-refractivity contribution in [1.29, 1.82) is 0 Å². The average Bonchev–Trinajstić information content (AvgIpc) is 3.00. The number of carbonyl (C=O) groups excluding carboxylic acids is 1. The van der Waals surface area contributed by atoms with E-state index in [9.17, 15) is 9.59 Å². The molecule has 1 aromatic carbocycles. The Bertz CT molecular complexity index is 758. The van der Waals surface area contributed by atoms with Crippen molar-refractivity contribution in [3.8, 4) is 5.75 Å². The average molecular weight is 397 g/mol. The van der Waals surface area contributed by atoms with Crippen LogP contribution in [0, 0.1) is 0 Å². The van der Waals surface area contributed by atoms with Gasteiger partial charge in [-0.3, -0.25) is 4.79 Å². The minimum Gasteiger partial charge on any atom is -0.481 e. The van der Waals surface area contributed by atoms with Crippen molar-refractivity contribution in [2.24, 2.45) is 0 Å². The van der Waals surface area contributed by atoms with Crippen molar-refractivity contribution in [3.63, 3.8) is 0 Å². The first-order valence-corrected chi connectivity index (χ1v) is 8.10. The predicted molar refractivity (Wildman–Crippen MR) is 91.7 cm³/mol. The second-order valence-corrected chi connectivity index (χ2v) is 6.26. The number of halogens is 1. The van der Waals surface area contributed by atoms with E-state index in [-0.39, 0.29) is 5.91 Å². The normalized spacial score (nSPS) is 10.7. The zero-order valence-corrected chi connectivity index (χ0v) is 14.5. The summed E-state index contributed by atoms with van der Waals surface area (Å²) in [6.45, 7) is -0.394. The number of benzene rings is 1. The van der Waals surface area contributed by atoms with Gasteiger partial charge in [-0.15, -0.1) is 11.3 Å². The number of aliphatic carboxylic acids is 1. The lowest BCUT2D eigenvalue weighted by molar-refractivity contribution is -0.139. The fraction of sp³-hybridized carbons (Fsp3) is 0.133. The maximum Gasteiger partial charge on any atom is 0.341 e. The van der Waals surface area contributed by atoms with Gasteiger partial charge in [0.15, 0.2) is 6.61 Å². The van der Waals surface area contributed by atoms with Crippen LogP contribution < -0.4 is 10.1 Å². The van der Waals surface area contributed by atoms with E-state index in [4.69, 9.17) is 9.84 Å². The minimum atomic E-state index is -1.03. The Kier molecular flexibility index (Phi) is 5.89. The summed E-state index contributed by atoms with van der Waals surface area (Å²) in [5, 5.41) is 11.9. The van der Waals surface area contributed by atoms with Gasteiger partial charge >= 0.3 is 5.97 Å². The maximum absolute atomic E-state index is 11.5. The van der Waals surface area contributed by atoms with Crippen LogP contribution in [-0.4, -0.2) is 35.6 Å². The summed E-state index contributed by atoms with van der Waals surface area (Å²) < 4.78 is 5.79. The molecule has 0 aliphatic heterocycles. The largest absolute Gasteiger partial charge is 0.481 e. The summed E-state index contributed by atoms with van der Waals surface area (Å²) >= 11 is 4.63. The molecule has 2 aromatic rings. The molecule has 120 valence electrons. The van der Waals surface area contributed by atoms with Crippen LogP contribution in [0.1, 0.15) is 20.2 Å². The van der Waals surface area contributed by atoms with Crippen molar-refractivity contribution >= 4 is 51.3 Å². The third-order valence-corrected chi connectivity index (χ3v) is 4.28. The predicted octanol–water partition coefficient (Wildman–Crippen LogP) is 2.90. The molecule has 0 saturated carbocycles. The molecule has 2 rings (SSSR count). The molecule has 1 heterocycles. The minimum absolute atomic E-state index is 0.162. The van der Waals surface area contributed by atoms with Gasteiger partial charge < -0.3 is 15.2 Å². The highest BCUT2D eigenvalue weighted by molar-refractivity contribution is 9.10. The molecule has 23 heavy (non-hydrogen) atoms. The molecule has 2 N–H and O–H groups in total. The topological polar surface area (TPSA) is 88.5 Å². The molecule has 0 atom stereocenters. The van der Waals surface area contributed by atoms with Crippen LogP contribution in [0.15, 0.2) is 28.9 Å². The lowest BCUT2D eigenvalue weighted by Crippen LogP contribution is -2.16. The van der Waals surface area contributed by atoms with E-state index in [1.807, 2.05) is 6.08 Å². The highest BCUT2D eigenvalue weighted by atomic mass is 79.9. The quantitative estimate of drug-likeness (QED) is 0.783. The molecular formula is C15H13BrN2O4S. The van der Waals surface area contributed by atoms with E-state index in [0.717, 1.165) is 5.56 Å². The van der Waals surface area contributed by atoms with Crippen molar-refractivity contribution in [2.75, 3.05) is 13.7 Å². The Morgan fingerprint density at radius 3 is 2.87 bits per heavy atom. The number of amides is 1. The van der Waals surface area contributed by atoms with Gasteiger partial charge in [0.25, 0.3) is 5.91 Å². The summed E-state index contributed by atoms with van der Waals surface area (Å²) in [7, 11) is 1.57. The standard InChI is InChI=1S/C15H13BrN2O4S/c1-17-15(21)12-7-18-13(23-12)5-3-9-2-4-11(10(16)6-9)22-8-14(19)20/h2-7H,8H2,1H3,(H,17,21)(H,19,20). The van der Waals surface area contributed by atoms with Crippen LogP contribution in [0.2, 0.25) is 0 Å². The molecule has 0 aliphatic carbocycles. The van der Waals surface area contributed by atoms with Gasteiger partial charge in [-0.25, -0.2) is 9.78 Å². The number of carboxylic acids is 1. The van der Waals surface area contributed by atoms with Crippen LogP contribution in [0.3, 0.4) is 0 Å². The Labute approximate surface area is 144 Å². The lowest BCUT2D eigenvalue weighted by Gasteiger charge is -2.06. The van der Waals surface area contributed by atoms with E-state index in [1.165, 1.54) is 17.5 Å².